The highest BCUT2D eigenvalue weighted by Crippen LogP contribution is 2.31. The SMILES string of the molecule is CNC(=O)CCn1c(=O)c(=O)n(CC2CCNCC2)c2ccc(Nc3nc(N4CCC(F)(F)CC4)ncc3Cl)cc21. The van der Waals surface area contributed by atoms with E-state index in [1.807, 2.05) is 0 Å². The largest absolute Gasteiger partial charge is 0.359 e. The third kappa shape index (κ3) is 6.51. The van der Waals surface area contributed by atoms with Gasteiger partial charge in [-0.3, -0.25) is 14.4 Å². The molecular formula is C27H33ClF2N8O3. The number of nitrogens with one attached hydrogen (secondary N) is 3. The van der Waals surface area contributed by atoms with Crippen LogP contribution in [-0.4, -0.2) is 64.2 Å². The van der Waals surface area contributed by atoms with Crippen LogP contribution in [0.25, 0.3) is 11.0 Å². The maximum atomic E-state index is 13.6. The summed E-state index contributed by atoms with van der Waals surface area (Å²) in [5.74, 6) is -2.14. The summed E-state index contributed by atoms with van der Waals surface area (Å²) in [5, 5.41) is 9.23. The van der Waals surface area contributed by atoms with E-state index < -0.39 is 17.0 Å². The van der Waals surface area contributed by atoms with Gasteiger partial charge in [-0.1, -0.05) is 11.6 Å². The number of halogens is 3. The number of carbonyl (C=O) groups excluding carboxylic acids is 1. The molecule has 11 nitrogen and oxygen atoms in total. The van der Waals surface area contributed by atoms with Gasteiger partial charge in [0.1, 0.15) is 5.02 Å². The molecule has 1 amide bonds. The molecule has 0 spiro atoms. The van der Waals surface area contributed by atoms with E-state index in [0.29, 0.717) is 23.3 Å². The highest BCUT2D eigenvalue weighted by atomic mass is 35.5. The minimum absolute atomic E-state index is 0.0247. The van der Waals surface area contributed by atoms with Crippen molar-refractivity contribution in [2.75, 3.05) is 43.4 Å². The number of alkyl halides is 2. The highest BCUT2D eigenvalue weighted by Gasteiger charge is 2.35. The number of hydrogen-bond donors (Lipinski definition) is 3. The number of rotatable bonds is 8. The second-order valence-electron chi connectivity index (χ2n) is 10.5. The Morgan fingerprint density at radius 3 is 2.54 bits per heavy atom. The summed E-state index contributed by atoms with van der Waals surface area (Å²) in [7, 11) is 1.51. The molecule has 0 unspecified atom stereocenters. The number of nitrogens with zero attached hydrogens (tertiary/aromatic N) is 5. The first-order valence-electron chi connectivity index (χ1n) is 13.8. The smallest absolute Gasteiger partial charge is 0.316 e. The van der Waals surface area contributed by atoms with Crippen molar-refractivity contribution in [3.05, 3.63) is 50.1 Å². The summed E-state index contributed by atoms with van der Waals surface area (Å²) in [6, 6.07) is 5.24. The van der Waals surface area contributed by atoms with Gasteiger partial charge in [0, 0.05) is 58.2 Å². The van der Waals surface area contributed by atoms with Gasteiger partial charge in [0.2, 0.25) is 11.9 Å². The minimum atomic E-state index is -2.70. The molecule has 3 aromatic rings. The standard InChI is InChI=1S/C27H33ClF2N8O3/c1-31-22(39)6-11-37-21-14-18(2-3-20(21)38(25(41)24(37)40)16-17-4-9-32-10-5-17)34-23-19(28)15-33-26(35-23)36-12-7-27(29,30)8-13-36/h2-3,14-15,17,32H,4-13,16H2,1H3,(H,31,39)(H,33,34,35). The summed E-state index contributed by atoms with van der Waals surface area (Å²) < 4.78 is 30.2. The van der Waals surface area contributed by atoms with Crippen molar-refractivity contribution in [3.8, 4) is 0 Å². The average Bonchev–Trinajstić information content (AvgIpc) is 2.97. The number of piperidine rings is 2. The first-order chi connectivity index (χ1) is 19.6. The second kappa shape index (κ2) is 12.1. The Morgan fingerprint density at radius 1 is 1.12 bits per heavy atom. The fraction of sp³-hybridized carbons (Fsp3) is 0.519. The molecule has 1 aromatic carbocycles. The molecule has 3 N–H and O–H groups in total. The van der Waals surface area contributed by atoms with Gasteiger partial charge in [0.15, 0.2) is 5.82 Å². The first kappa shape index (κ1) is 28.9. The number of anilines is 3. The van der Waals surface area contributed by atoms with E-state index in [4.69, 9.17) is 11.6 Å². The molecule has 4 heterocycles. The number of fused-ring (bicyclic) bond motifs is 1. The lowest BCUT2D eigenvalue weighted by molar-refractivity contribution is -0.120. The van der Waals surface area contributed by atoms with Crippen LogP contribution in [0, 0.1) is 5.92 Å². The molecule has 2 aliphatic heterocycles. The van der Waals surface area contributed by atoms with Crippen LogP contribution in [0.15, 0.2) is 34.0 Å². The zero-order valence-electron chi connectivity index (χ0n) is 22.8. The Kier molecular flexibility index (Phi) is 8.55. The number of aromatic nitrogens is 4. The van der Waals surface area contributed by atoms with Gasteiger partial charge in [-0.2, -0.15) is 4.98 Å². The summed E-state index contributed by atoms with van der Waals surface area (Å²) in [6.45, 7) is 2.41. The van der Waals surface area contributed by atoms with E-state index in [9.17, 15) is 23.2 Å². The third-order valence-corrected chi connectivity index (χ3v) is 8.02. The lowest BCUT2D eigenvalue weighted by atomic mass is 9.98. The monoisotopic (exact) mass is 590 g/mol. The van der Waals surface area contributed by atoms with Crippen molar-refractivity contribution in [1.82, 2.24) is 29.7 Å². The fourth-order valence-corrected chi connectivity index (χ4v) is 5.47. The average molecular weight is 591 g/mol. The molecule has 2 fully saturated rings. The van der Waals surface area contributed by atoms with Crippen molar-refractivity contribution >= 4 is 46.0 Å². The third-order valence-electron chi connectivity index (χ3n) is 7.74. The van der Waals surface area contributed by atoms with Gasteiger partial charge >= 0.3 is 11.1 Å². The van der Waals surface area contributed by atoms with Crippen LogP contribution in [0.1, 0.15) is 32.1 Å². The van der Waals surface area contributed by atoms with Crippen LogP contribution < -0.4 is 32.0 Å². The van der Waals surface area contributed by atoms with Crippen LogP contribution in [-0.2, 0) is 17.9 Å². The summed E-state index contributed by atoms with van der Waals surface area (Å²) in [4.78, 5) is 48.9. The quantitative estimate of drug-likeness (QED) is 0.342. The van der Waals surface area contributed by atoms with Crippen molar-refractivity contribution in [1.29, 1.82) is 0 Å². The van der Waals surface area contributed by atoms with Crippen molar-refractivity contribution in [2.45, 2.75) is 51.1 Å². The molecule has 2 aromatic heterocycles. The van der Waals surface area contributed by atoms with Gasteiger partial charge in [0.05, 0.1) is 17.2 Å². The van der Waals surface area contributed by atoms with Crippen LogP contribution in [0.2, 0.25) is 5.02 Å². The van der Waals surface area contributed by atoms with E-state index in [0.717, 1.165) is 25.9 Å². The molecule has 0 bridgehead atoms. The Morgan fingerprint density at radius 2 is 1.83 bits per heavy atom. The predicted octanol–water partition coefficient (Wildman–Crippen LogP) is 2.72. The second-order valence-corrected chi connectivity index (χ2v) is 10.9. The van der Waals surface area contributed by atoms with Gasteiger partial charge in [0.25, 0.3) is 5.92 Å². The van der Waals surface area contributed by atoms with E-state index in [1.54, 1.807) is 23.1 Å². The Bertz CT molecular complexity index is 1540. The molecule has 0 radical (unpaired) electrons. The number of aryl methyl sites for hydroxylation is 1. The Hall–Kier alpha value is -3.58. The lowest BCUT2D eigenvalue weighted by Gasteiger charge is -2.31. The van der Waals surface area contributed by atoms with Crippen LogP contribution >= 0.6 is 11.6 Å². The van der Waals surface area contributed by atoms with Crippen molar-refractivity contribution < 1.29 is 13.6 Å². The van der Waals surface area contributed by atoms with E-state index in [1.165, 1.54) is 22.4 Å². The molecule has 5 rings (SSSR count). The Labute approximate surface area is 239 Å². The molecule has 0 atom stereocenters. The molecular weight excluding hydrogens is 558 g/mol. The molecule has 0 saturated carbocycles. The number of carbonyl (C=O) groups is 1. The summed E-state index contributed by atoms with van der Waals surface area (Å²) in [5.41, 5.74) is 0.288. The molecule has 0 aliphatic carbocycles. The molecule has 2 saturated heterocycles. The maximum absolute atomic E-state index is 13.6. The maximum Gasteiger partial charge on any atom is 0.316 e. The normalized spacial score (nSPS) is 17.5. The molecule has 14 heteroatoms. The number of benzene rings is 1. The zero-order valence-corrected chi connectivity index (χ0v) is 23.5. The summed E-state index contributed by atoms with van der Waals surface area (Å²) >= 11 is 6.38. The predicted molar refractivity (Wildman–Crippen MR) is 153 cm³/mol. The molecule has 2 aliphatic rings. The van der Waals surface area contributed by atoms with Crippen LogP contribution in [0.4, 0.5) is 26.2 Å². The number of hydrogen-bond acceptors (Lipinski definition) is 8. The van der Waals surface area contributed by atoms with Crippen molar-refractivity contribution in [2.24, 2.45) is 5.92 Å². The summed E-state index contributed by atoms with van der Waals surface area (Å²) in [6.07, 6.45) is 2.68. The number of amides is 1. The molecule has 41 heavy (non-hydrogen) atoms. The zero-order chi connectivity index (χ0) is 29.1. The minimum Gasteiger partial charge on any atom is -0.359 e. The van der Waals surface area contributed by atoms with Crippen LogP contribution in [0.3, 0.4) is 0 Å². The molecule has 220 valence electrons. The highest BCUT2D eigenvalue weighted by molar-refractivity contribution is 6.32. The van der Waals surface area contributed by atoms with Crippen molar-refractivity contribution in [3.63, 3.8) is 0 Å². The topological polar surface area (TPSA) is 126 Å². The fourth-order valence-electron chi connectivity index (χ4n) is 5.33. The van der Waals surface area contributed by atoms with Gasteiger partial charge in [-0.15, -0.1) is 0 Å². The van der Waals surface area contributed by atoms with Gasteiger partial charge in [-0.25, -0.2) is 13.8 Å². The van der Waals surface area contributed by atoms with E-state index in [2.05, 4.69) is 25.9 Å². The lowest BCUT2D eigenvalue weighted by Crippen LogP contribution is -2.43. The van der Waals surface area contributed by atoms with E-state index >= 15 is 0 Å². The van der Waals surface area contributed by atoms with E-state index in [-0.39, 0.29) is 67.5 Å². The van der Waals surface area contributed by atoms with Crippen LogP contribution in [0.5, 0.6) is 0 Å². The van der Waals surface area contributed by atoms with Gasteiger partial charge in [-0.05, 0) is 50.0 Å². The first-order valence-corrected chi connectivity index (χ1v) is 14.1. The Balaban J connectivity index is 1.51. The van der Waals surface area contributed by atoms with Gasteiger partial charge < -0.3 is 30.0 Å².